The minimum Gasteiger partial charge on any atom is -0.324 e. The highest BCUT2D eigenvalue weighted by Crippen LogP contribution is 2.32. The second-order valence-corrected chi connectivity index (χ2v) is 6.59. The molecule has 1 aliphatic rings. The van der Waals surface area contributed by atoms with Crippen LogP contribution in [-0.2, 0) is 0 Å². The predicted molar refractivity (Wildman–Crippen MR) is 95.4 cm³/mol. The van der Waals surface area contributed by atoms with Gasteiger partial charge in [-0.25, -0.2) is 4.68 Å². The summed E-state index contributed by atoms with van der Waals surface area (Å²) < 4.78 is 2.92. The highest BCUT2D eigenvalue weighted by Gasteiger charge is 2.23. The number of nitrogens with zero attached hydrogens (tertiary/aromatic N) is 3. The van der Waals surface area contributed by atoms with Crippen molar-refractivity contribution >= 4 is 39.2 Å². The van der Waals surface area contributed by atoms with Crippen molar-refractivity contribution in [2.75, 3.05) is 5.32 Å². The van der Waals surface area contributed by atoms with Gasteiger partial charge in [0.05, 0.1) is 0 Å². The Kier molecular flexibility index (Phi) is 3.67. The van der Waals surface area contributed by atoms with Gasteiger partial charge in [0.25, 0.3) is 0 Å². The number of allylic oxidation sites excluding steroid dienone is 1. The van der Waals surface area contributed by atoms with Crippen LogP contribution in [0.25, 0.3) is 5.70 Å². The summed E-state index contributed by atoms with van der Waals surface area (Å²) in [6.07, 6.45) is 3.71. The summed E-state index contributed by atoms with van der Waals surface area (Å²) in [6.45, 7) is 0. The first-order chi connectivity index (χ1) is 11.2. The van der Waals surface area contributed by atoms with Gasteiger partial charge in [0.2, 0.25) is 5.95 Å². The van der Waals surface area contributed by atoms with E-state index in [0.29, 0.717) is 0 Å². The molecule has 1 aromatic heterocycles. The molecule has 1 atom stereocenters. The fourth-order valence-corrected chi connectivity index (χ4v) is 3.02. The minimum absolute atomic E-state index is 0.0235. The maximum atomic E-state index is 6.00. The van der Waals surface area contributed by atoms with Crippen LogP contribution in [0.2, 0.25) is 5.02 Å². The fourth-order valence-electron chi connectivity index (χ4n) is 2.63. The van der Waals surface area contributed by atoms with Gasteiger partial charge in [-0.2, -0.15) is 10.1 Å². The lowest BCUT2D eigenvalue weighted by atomic mass is 10.0. The average Bonchev–Trinajstić information content (AvgIpc) is 3.04. The highest BCUT2D eigenvalue weighted by atomic mass is 79.9. The summed E-state index contributed by atoms with van der Waals surface area (Å²) >= 11 is 9.47. The van der Waals surface area contributed by atoms with Crippen molar-refractivity contribution in [3.8, 4) is 0 Å². The van der Waals surface area contributed by atoms with Crippen LogP contribution in [0.4, 0.5) is 5.95 Å². The molecule has 0 fully saturated rings. The molecule has 4 rings (SSSR count). The van der Waals surface area contributed by atoms with Crippen LogP contribution >= 0.6 is 27.5 Å². The molecule has 0 bridgehead atoms. The summed E-state index contributed by atoms with van der Waals surface area (Å²) in [6, 6.07) is 16.0. The zero-order valence-electron chi connectivity index (χ0n) is 11.9. The quantitative estimate of drug-likeness (QED) is 0.690. The van der Waals surface area contributed by atoms with Gasteiger partial charge in [0.1, 0.15) is 12.4 Å². The molecule has 1 N–H and O–H groups in total. The van der Waals surface area contributed by atoms with E-state index in [1.807, 2.05) is 41.1 Å². The van der Waals surface area contributed by atoms with E-state index in [-0.39, 0.29) is 6.04 Å². The number of halogens is 2. The number of hydrogen-bond donors (Lipinski definition) is 1. The molecular formula is C17H12BrClN4. The number of benzene rings is 2. The molecule has 1 aliphatic heterocycles. The summed E-state index contributed by atoms with van der Waals surface area (Å²) in [4.78, 5) is 4.31. The van der Waals surface area contributed by atoms with E-state index in [4.69, 9.17) is 11.6 Å². The molecule has 0 amide bonds. The van der Waals surface area contributed by atoms with Crippen molar-refractivity contribution in [3.05, 3.63) is 81.6 Å². The molecule has 23 heavy (non-hydrogen) atoms. The highest BCUT2D eigenvalue weighted by molar-refractivity contribution is 9.10. The standard InChI is InChI=1S/C17H12BrClN4/c18-13-5-1-11(2-6-13)15-9-16(12-3-7-14(19)8-4-12)23-17(22-15)20-10-21-23/h1-10,16H,(H,20,21,22)/t16-/m0/s1. The molecule has 0 radical (unpaired) electrons. The van der Waals surface area contributed by atoms with Crippen molar-refractivity contribution in [1.29, 1.82) is 0 Å². The lowest BCUT2D eigenvalue weighted by Crippen LogP contribution is -2.20. The van der Waals surface area contributed by atoms with Crippen molar-refractivity contribution in [3.63, 3.8) is 0 Å². The van der Waals surface area contributed by atoms with E-state index in [1.165, 1.54) is 0 Å². The Hall–Kier alpha value is -2.11. The zero-order valence-corrected chi connectivity index (χ0v) is 14.3. The lowest BCUT2D eigenvalue weighted by molar-refractivity contribution is 0.612. The monoisotopic (exact) mass is 386 g/mol. The molecule has 2 aromatic carbocycles. The first kappa shape index (κ1) is 14.5. The third kappa shape index (κ3) is 2.78. The normalized spacial score (nSPS) is 16.4. The van der Waals surface area contributed by atoms with Crippen LogP contribution in [0.3, 0.4) is 0 Å². The number of anilines is 1. The van der Waals surface area contributed by atoms with Crippen molar-refractivity contribution in [2.45, 2.75) is 6.04 Å². The first-order valence-corrected chi connectivity index (χ1v) is 8.27. The average molecular weight is 388 g/mol. The van der Waals surface area contributed by atoms with Crippen LogP contribution in [0.1, 0.15) is 17.2 Å². The van der Waals surface area contributed by atoms with Crippen LogP contribution in [0.15, 0.2) is 65.4 Å². The molecule has 0 saturated heterocycles. The third-order valence-electron chi connectivity index (χ3n) is 3.77. The summed E-state index contributed by atoms with van der Waals surface area (Å²) in [5, 5.41) is 8.39. The Morgan fingerprint density at radius 3 is 2.52 bits per heavy atom. The Labute approximate surface area is 146 Å². The Bertz CT molecular complexity index is 868. The Morgan fingerprint density at radius 1 is 1.04 bits per heavy atom. The first-order valence-electron chi connectivity index (χ1n) is 7.10. The van der Waals surface area contributed by atoms with E-state index >= 15 is 0 Å². The summed E-state index contributed by atoms with van der Waals surface area (Å²) in [7, 11) is 0. The van der Waals surface area contributed by atoms with Crippen LogP contribution in [-0.4, -0.2) is 14.8 Å². The van der Waals surface area contributed by atoms with Crippen LogP contribution in [0.5, 0.6) is 0 Å². The van der Waals surface area contributed by atoms with Gasteiger partial charge in [-0.1, -0.05) is 51.8 Å². The second kappa shape index (κ2) is 5.83. The van der Waals surface area contributed by atoms with E-state index in [1.54, 1.807) is 6.33 Å². The summed E-state index contributed by atoms with van der Waals surface area (Å²) in [5.41, 5.74) is 3.22. The minimum atomic E-state index is -0.0235. The lowest BCUT2D eigenvalue weighted by Gasteiger charge is -2.24. The number of aromatic nitrogens is 3. The molecule has 0 saturated carbocycles. The van der Waals surface area contributed by atoms with Gasteiger partial charge >= 0.3 is 0 Å². The molecule has 0 spiro atoms. The smallest absolute Gasteiger partial charge is 0.226 e. The molecule has 3 aromatic rings. The SMILES string of the molecule is Clc1ccc([C@@H]2C=C(c3ccc(Br)cc3)Nc3ncnn32)cc1. The maximum Gasteiger partial charge on any atom is 0.226 e. The molecule has 6 heteroatoms. The van der Waals surface area contributed by atoms with Gasteiger partial charge < -0.3 is 5.32 Å². The molecule has 0 aliphatic carbocycles. The van der Waals surface area contributed by atoms with Gasteiger partial charge in [0, 0.05) is 15.2 Å². The number of hydrogen-bond acceptors (Lipinski definition) is 3. The number of rotatable bonds is 2. The van der Waals surface area contributed by atoms with Crippen molar-refractivity contribution < 1.29 is 0 Å². The van der Waals surface area contributed by atoms with Crippen LogP contribution < -0.4 is 5.32 Å². The van der Waals surface area contributed by atoms with Gasteiger partial charge in [0.15, 0.2) is 0 Å². The van der Waals surface area contributed by atoms with Crippen molar-refractivity contribution in [2.24, 2.45) is 0 Å². The number of nitrogens with one attached hydrogen (secondary N) is 1. The molecule has 4 nitrogen and oxygen atoms in total. The summed E-state index contributed by atoms with van der Waals surface area (Å²) in [5.74, 6) is 0.727. The third-order valence-corrected chi connectivity index (χ3v) is 4.55. The molecule has 114 valence electrons. The molecule has 2 heterocycles. The van der Waals surface area contributed by atoms with E-state index in [2.05, 4.69) is 49.5 Å². The second-order valence-electron chi connectivity index (χ2n) is 5.24. The van der Waals surface area contributed by atoms with Crippen molar-refractivity contribution in [1.82, 2.24) is 14.8 Å². The number of fused-ring (bicyclic) bond motifs is 1. The largest absolute Gasteiger partial charge is 0.324 e. The van der Waals surface area contributed by atoms with E-state index in [9.17, 15) is 0 Å². The van der Waals surface area contributed by atoms with Gasteiger partial charge in [-0.3, -0.25) is 0 Å². The van der Waals surface area contributed by atoms with E-state index in [0.717, 1.165) is 32.3 Å². The fraction of sp³-hybridized carbons (Fsp3) is 0.0588. The topological polar surface area (TPSA) is 42.7 Å². The van der Waals surface area contributed by atoms with E-state index < -0.39 is 0 Å². The molecule has 0 unspecified atom stereocenters. The maximum absolute atomic E-state index is 6.00. The molecular weight excluding hydrogens is 376 g/mol. The predicted octanol–water partition coefficient (Wildman–Crippen LogP) is 4.75. The van der Waals surface area contributed by atoms with Gasteiger partial charge in [-0.15, -0.1) is 0 Å². The van der Waals surface area contributed by atoms with Crippen LogP contribution in [0, 0.1) is 0 Å². The van der Waals surface area contributed by atoms with Gasteiger partial charge in [-0.05, 0) is 41.5 Å². The Balaban J connectivity index is 1.79. The Morgan fingerprint density at radius 2 is 1.78 bits per heavy atom. The zero-order chi connectivity index (χ0) is 15.8.